The Kier molecular flexibility index (Phi) is 6.94. The minimum absolute atomic E-state index is 0.0897. The second-order valence-corrected chi connectivity index (χ2v) is 7.60. The molecule has 2 N–H and O–H groups in total. The maximum atomic E-state index is 12.3. The predicted octanol–water partition coefficient (Wildman–Crippen LogP) is 4.43. The number of aromatic nitrogens is 3. The van der Waals surface area contributed by atoms with Crippen molar-refractivity contribution in [1.29, 1.82) is 0 Å². The van der Waals surface area contributed by atoms with Crippen molar-refractivity contribution in [2.75, 3.05) is 17.2 Å². The maximum absolute atomic E-state index is 12.3. The Morgan fingerprint density at radius 3 is 2.45 bits per heavy atom. The minimum Gasteiger partial charge on any atom is -0.493 e. The highest BCUT2D eigenvalue weighted by molar-refractivity contribution is 5.94. The molecule has 0 saturated heterocycles. The van der Waals surface area contributed by atoms with Crippen LogP contribution in [0.2, 0.25) is 0 Å². The molecule has 0 spiro atoms. The summed E-state index contributed by atoms with van der Waals surface area (Å²) in [7, 11) is 0. The maximum Gasteiger partial charge on any atom is 0.249 e. The van der Waals surface area contributed by atoms with E-state index in [2.05, 4.69) is 20.7 Å². The molecule has 1 atom stereocenters. The van der Waals surface area contributed by atoms with E-state index in [4.69, 9.17) is 4.74 Å². The van der Waals surface area contributed by atoms with Gasteiger partial charge in [0, 0.05) is 23.2 Å². The van der Waals surface area contributed by atoms with E-state index < -0.39 is 6.04 Å². The lowest BCUT2D eigenvalue weighted by Crippen LogP contribution is -2.24. The summed E-state index contributed by atoms with van der Waals surface area (Å²) in [6.45, 7) is 2.19. The Morgan fingerprint density at radius 2 is 1.70 bits per heavy atom. The second-order valence-electron chi connectivity index (χ2n) is 7.60. The number of nitrogens with one attached hydrogen (secondary N) is 2. The molecule has 8 heteroatoms. The molecule has 0 saturated carbocycles. The highest BCUT2D eigenvalue weighted by Crippen LogP contribution is 2.25. The first-order chi connectivity index (χ1) is 16.1. The second kappa shape index (κ2) is 10.4. The van der Waals surface area contributed by atoms with Crippen LogP contribution in [0.5, 0.6) is 5.75 Å². The van der Waals surface area contributed by atoms with Gasteiger partial charge in [0.05, 0.1) is 6.61 Å². The molecular weight excluding hydrogens is 418 g/mol. The van der Waals surface area contributed by atoms with Gasteiger partial charge in [-0.05, 0) is 49.1 Å². The number of amides is 2. The van der Waals surface area contributed by atoms with Crippen molar-refractivity contribution in [2.24, 2.45) is 0 Å². The van der Waals surface area contributed by atoms with E-state index in [9.17, 15) is 9.59 Å². The van der Waals surface area contributed by atoms with E-state index in [1.807, 2.05) is 42.5 Å². The molecule has 0 aliphatic carbocycles. The van der Waals surface area contributed by atoms with Crippen molar-refractivity contribution in [3.63, 3.8) is 0 Å². The predicted molar refractivity (Wildman–Crippen MR) is 127 cm³/mol. The topological polar surface area (TPSA) is 98.1 Å². The van der Waals surface area contributed by atoms with Crippen LogP contribution in [0.3, 0.4) is 0 Å². The molecule has 1 heterocycles. The van der Waals surface area contributed by atoms with Crippen LogP contribution in [-0.2, 0) is 9.59 Å². The van der Waals surface area contributed by atoms with Gasteiger partial charge in [0.2, 0.25) is 11.8 Å². The van der Waals surface area contributed by atoms with Crippen molar-refractivity contribution in [1.82, 2.24) is 14.8 Å². The molecule has 4 aromatic rings. The van der Waals surface area contributed by atoms with Crippen molar-refractivity contribution >= 4 is 34.0 Å². The van der Waals surface area contributed by atoms with Crippen LogP contribution >= 0.6 is 0 Å². The van der Waals surface area contributed by atoms with Crippen molar-refractivity contribution in [3.05, 3.63) is 79.4 Å². The van der Waals surface area contributed by atoms with E-state index in [0.29, 0.717) is 30.8 Å². The van der Waals surface area contributed by atoms with Gasteiger partial charge in [-0.2, -0.15) is 5.10 Å². The van der Waals surface area contributed by atoms with Crippen LogP contribution < -0.4 is 15.4 Å². The Hall–Kier alpha value is -4.20. The van der Waals surface area contributed by atoms with Gasteiger partial charge >= 0.3 is 0 Å². The molecule has 0 fully saturated rings. The molecule has 168 valence electrons. The van der Waals surface area contributed by atoms with E-state index in [-0.39, 0.29) is 11.8 Å². The fourth-order valence-electron chi connectivity index (χ4n) is 3.38. The third kappa shape index (κ3) is 5.74. The first-order valence-electron chi connectivity index (χ1n) is 10.8. The number of anilines is 2. The van der Waals surface area contributed by atoms with Crippen molar-refractivity contribution in [2.45, 2.75) is 25.8 Å². The Balaban J connectivity index is 1.21. The van der Waals surface area contributed by atoms with Gasteiger partial charge in [-0.1, -0.05) is 36.4 Å². The molecule has 0 aliphatic rings. The van der Waals surface area contributed by atoms with Gasteiger partial charge in [0.25, 0.3) is 0 Å². The lowest BCUT2D eigenvalue weighted by molar-refractivity contribution is -0.119. The van der Waals surface area contributed by atoms with Gasteiger partial charge in [0.1, 0.15) is 24.4 Å². The summed E-state index contributed by atoms with van der Waals surface area (Å²) in [4.78, 5) is 28.4. The molecule has 8 nitrogen and oxygen atoms in total. The van der Waals surface area contributed by atoms with Crippen LogP contribution in [0.1, 0.15) is 25.8 Å². The molecule has 4 rings (SSSR count). The molecule has 33 heavy (non-hydrogen) atoms. The van der Waals surface area contributed by atoms with E-state index in [0.717, 1.165) is 16.5 Å². The molecular formula is C25H25N5O3. The standard InChI is InChI=1S/C25H25N5O3/c1-18(30-17-26-16-27-30)25(32)29-21-13-11-20(12-14-21)28-24(31)10-5-15-33-23-9-4-7-19-6-2-3-8-22(19)23/h2-4,6-9,11-14,16-18H,5,10,15H2,1H3,(H,28,31)(H,29,32). The van der Waals surface area contributed by atoms with Crippen molar-refractivity contribution in [3.8, 4) is 5.75 Å². The summed E-state index contributed by atoms with van der Waals surface area (Å²) in [6.07, 6.45) is 3.83. The molecule has 2 amide bonds. The van der Waals surface area contributed by atoms with Crippen LogP contribution in [0.15, 0.2) is 79.4 Å². The summed E-state index contributed by atoms with van der Waals surface area (Å²) >= 11 is 0. The minimum atomic E-state index is -0.483. The number of carbonyl (C=O) groups excluding carboxylic acids is 2. The van der Waals surface area contributed by atoms with Crippen molar-refractivity contribution < 1.29 is 14.3 Å². The number of ether oxygens (including phenoxy) is 1. The van der Waals surface area contributed by atoms with Gasteiger partial charge in [-0.3, -0.25) is 9.59 Å². The fraction of sp³-hybridized carbons (Fsp3) is 0.200. The Bertz CT molecular complexity index is 1220. The SMILES string of the molecule is CC(C(=O)Nc1ccc(NC(=O)CCCOc2cccc3ccccc23)cc1)n1cncn1. The number of carbonyl (C=O) groups is 2. The van der Waals surface area contributed by atoms with Gasteiger partial charge in [-0.15, -0.1) is 0 Å². The number of hydrogen-bond acceptors (Lipinski definition) is 5. The van der Waals surface area contributed by atoms with Gasteiger partial charge in [0.15, 0.2) is 0 Å². The normalized spacial score (nSPS) is 11.7. The highest BCUT2D eigenvalue weighted by atomic mass is 16.5. The summed E-state index contributed by atoms with van der Waals surface area (Å²) in [5, 5.41) is 11.9. The lowest BCUT2D eigenvalue weighted by Gasteiger charge is -2.12. The van der Waals surface area contributed by atoms with Crippen LogP contribution in [-0.4, -0.2) is 33.2 Å². The summed E-state index contributed by atoms with van der Waals surface area (Å²) < 4.78 is 7.37. The van der Waals surface area contributed by atoms with Crippen LogP contribution in [0, 0.1) is 0 Å². The number of hydrogen-bond donors (Lipinski definition) is 2. The van der Waals surface area contributed by atoms with E-state index in [1.165, 1.54) is 17.3 Å². The Morgan fingerprint density at radius 1 is 0.970 bits per heavy atom. The average Bonchev–Trinajstić information content (AvgIpc) is 3.37. The smallest absolute Gasteiger partial charge is 0.249 e. The molecule has 3 aromatic carbocycles. The third-order valence-corrected chi connectivity index (χ3v) is 5.20. The largest absolute Gasteiger partial charge is 0.493 e. The lowest BCUT2D eigenvalue weighted by atomic mass is 10.1. The van der Waals surface area contributed by atoms with E-state index in [1.54, 1.807) is 31.2 Å². The quantitative estimate of drug-likeness (QED) is 0.373. The summed E-state index contributed by atoms with van der Waals surface area (Å²) in [5.74, 6) is 0.529. The first-order valence-corrected chi connectivity index (χ1v) is 10.8. The number of rotatable bonds is 9. The monoisotopic (exact) mass is 443 g/mol. The Labute approximate surface area is 191 Å². The number of fused-ring (bicyclic) bond motifs is 1. The van der Waals surface area contributed by atoms with Crippen LogP contribution in [0.4, 0.5) is 11.4 Å². The van der Waals surface area contributed by atoms with E-state index >= 15 is 0 Å². The molecule has 0 aliphatic heterocycles. The number of benzene rings is 3. The zero-order valence-corrected chi connectivity index (χ0v) is 18.3. The van der Waals surface area contributed by atoms with Gasteiger partial charge in [-0.25, -0.2) is 9.67 Å². The average molecular weight is 444 g/mol. The van der Waals surface area contributed by atoms with Crippen LogP contribution in [0.25, 0.3) is 10.8 Å². The fourth-order valence-corrected chi connectivity index (χ4v) is 3.38. The third-order valence-electron chi connectivity index (χ3n) is 5.20. The zero-order valence-electron chi connectivity index (χ0n) is 18.3. The number of nitrogens with zero attached hydrogens (tertiary/aromatic N) is 3. The first kappa shape index (κ1) is 22.0. The zero-order chi connectivity index (χ0) is 23.0. The summed E-state index contributed by atoms with van der Waals surface area (Å²) in [5.41, 5.74) is 1.30. The molecule has 0 radical (unpaired) electrons. The molecule has 1 unspecified atom stereocenters. The van der Waals surface area contributed by atoms with Gasteiger partial charge < -0.3 is 15.4 Å². The molecule has 1 aromatic heterocycles. The highest BCUT2D eigenvalue weighted by Gasteiger charge is 2.15. The molecule has 0 bridgehead atoms. The summed E-state index contributed by atoms with van der Waals surface area (Å²) in [6, 6.07) is 20.5.